The van der Waals surface area contributed by atoms with Crippen molar-refractivity contribution < 1.29 is 33.0 Å². The minimum atomic E-state index is -0.769. The first-order valence-corrected chi connectivity index (χ1v) is 11.0. The van der Waals surface area contributed by atoms with E-state index in [9.17, 15) is 14.4 Å². The van der Waals surface area contributed by atoms with Crippen LogP contribution in [-0.2, 0) is 9.53 Å². The number of ether oxygens (including phenoxy) is 3. The standard InChI is InChI=1S/C22H22N4O7S/c1-12-18(21(34-4)24-19(23-12)15-6-5-9-32-15)22(29)33-11-17(27)25-26-20(28)13-7-8-14(30-2)16(10-13)31-3/h5-10H,11H2,1-4H3,(H,25,27)(H,26,28). The van der Waals surface area contributed by atoms with Gasteiger partial charge in [-0.25, -0.2) is 14.8 Å². The number of carbonyl (C=O) groups excluding carboxylic acids is 3. The maximum atomic E-state index is 12.6. The van der Waals surface area contributed by atoms with Crippen LogP contribution in [0.3, 0.4) is 0 Å². The Morgan fingerprint density at radius 1 is 1.06 bits per heavy atom. The molecule has 2 N–H and O–H groups in total. The van der Waals surface area contributed by atoms with Crippen LogP contribution < -0.4 is 20.3 Å². The van der Waals surface area contributed by atoms with Gasteiger partial charge < -0.3 is 18.6 Å². The molecule has 0 spiro atoms. The van der Waals surface area contributed by atoms with Crippen LogP contribution in [0.1, 0.15) is 26.4 Å². The summed E-state index contributed by atoms with van der Waals surface area (Å²) in [7, 11) is 2.91. The van der Waals surface area contributed by atoms with Gasteiger partial charge in [0.2, 0.25) is 0 Å². The smallest absolute Gasteiger partial charge is 0.343 e. The highest BCUT2D eigenvalue weighted by Crippen LogP contribution is 2.27. The Hall–Kier alpha value is -4.06. The van der Waals surface area contributed by atoms with Crippen LogP contribution in [0.15, 0.2) is 46.0 Å². The highest BCUT2D eigenvalue weighted by molar-refractivity contribution is 7.98. The Kier molecular flexibility index (Phi) is 8.09. The topological polar surface area (TPSA) is 142 Å². The lowest BCUT2D eigenvalue weighted by atomic mass is 10.2. The molecule has 178 valence electrons. The molecule has 0 saturated carbocycles. The molecule has 3 aromatic rings. The third kappa shape index (κ3) is 5.64. The first-order valence-electron chi connectivity index (χ1n) is 9.82. The maximum absolute atomic E-state index is 12.6. The Balaban J connectivity index is 1.59. The van der Waals surface area contributed by atoms with Crippen molar-refractivity contribution in [3.8, 4) is 23.1 Å². The van der Waals surface area contributed by atoms with Crippen molar-refractivity contribution in [2.24, 2.45) is 0 Å². The summed E-state index contributed by atoms with van der Waals surface area (Å²) in [6, 6.07) is 7.93. The number of hydrazine groups is 1. The third-order valence-electron chi connectivity index (χ3n) is 4.49. The molecular formula is C22H22N4O7S. The normalized spacial score (nSPS) is 10.4. The van der Waals surface area contributed by atoms with Gasteiger partial charge in [-0.1, -0.05) is 0 Å². The zero-order valence-electron chi connectivity index (χ0n) is 18.8. The Labute approximate surface area is 199 Å². The molecule has 0 bridgehead atoms. The molecule has 0 unspecified atom stereocenters. The van der Waals surface area contributed by atoms with Crippen molar-refractivity contribution in [2.45, 2.75) is 11.9 Å². The first kappa shape index (κ1) is 24.6. The number of carbonyl (C=O) groups is 3. The third-order valence-corrected chi connectivity index (χ3v) is 5.17. The molecule has 1 aromatic carbocycles. The lowest BCUT2D eigenvalue weighted by Gasteiger charge is -2.12. The second kappa shape index (κ2) is 11.2. The molecular weight excluding hydrogens is 464 g/mol. The summed E-state index contributed by atoms with van der Waals surface area (Å²) in [4.78, 5) is 45.6. The van der Waals surface area contributed by atoms with E-state index in [2.05, 4.69) is 20.8 Å². The van der Waals surface area contributed by atoms with Crippen LogP contribution in [-0.4, -0.2) is 54.8 Å². The SMILES string of the molecule is COc1ccc(C(=O)NNC(=O)COC(=O)c2c(C)nc(-c3ccco3)nc2SC)cc1OC. The number of nitrogens with one attached hydrogen (secondary N) is 2. The number of furan rings is 1. The van der Waals surface area contributed by atoms with Crippen molar-refractivity contribution in [1.82, 2.24) is 20.8 Å². The number of methoxy groups -OCH3 is 2. The summed E-state index contributed by atoms with van der Waals surface area (Å²) in [6.45, 7) is 1.01. The van der Waals surface area contributed by atoms with Gasteiger partial charge in [0, 0.05) is 5.56 Å². The number of hydrogen-bond donors (Lipinski definition) is 2. The summed E-state index contributed by atoms with van der Waals surface area (Å²) in [5, 5.41) is 0.381. The minimum Gasteiger partial charge on any atom is -0.493 e. The number of aromatic nitrogens is 2. The highest BCUT2D eigenvalue weighted by Gasteiger charge is 2.22. The van der Waals surface area contributed by atoms with Crippen LogP contribution in [0.25, 0.3) is 11.6 Å². The molecule has 0 aliphatic rings. The van der Waals surface area contributed by atoms with Crippen molar-refractivity contribution in [1.29, 1.82) is 0 Å². The van der Waals surface area contributed by atoms with Gasteiger partial charge in [0.05, 0.1) is 26.2 Å². The van der Waals surface area contributed by atoms with Gasteiger partial charge in [-0.3, -0.25) is 20.4 Å². The minimum absolute atomic E-state index is 0.143. The van der Waals surface area contributed by atoms with E-state index in [0.717, 1.165) is 0 Å². The highest BCUT2D eigenvalue weighted by atomic mass is 32.2. The molecule has 0 atom stereocenters. The van der Waals surface area contributed by atoms with E-state index in [4.69, 9.17) is 18.6 Å². The molecule has 0 aliphatic carbocycles. The van der Waals surface area contributed by atoms with Crippen molar-refractivity contribution in [3.63, 3.8) is 0 Å². The van der Waals surface area contributed by atoms with E-state index in [1.54, 1.807) is 31.4 Å². The van der Waals surface area contributed by atoms with Gasteiger partial charge >= 0.3 is 5.97 Å². The average Bonchev–Trinajstić information content (AvgIpc) is 3.39. The number of rotatable bonds is 8. The van der Waals surface area contributed by atoms with E-state index < -0.39 is 24.4 Å². The zero-order valence-corrected chi connectivity index (χ0v) is 19.6. The van der Waals surface area contributed by atoms with Gasteiger partial charge in [0.25, 0.3) is 11.8 Å². The van der Waals surface area contributed by atoms with Crippen molar-refractivity contribution in [3.05, 3.63) is 53.4 Å². The van der Waals surface area contributed by atoms with Crippen molar-refractivity contribution in [2.75, 3.05) is 27.1 Å². The number of benzene rings is 1. The fraction of sp³-hybridized carbons (Fsp3) is 0.227. The lowest BCUT2D eigenvalue weighted by molar-refractivity contribution is -0.125. The number of nitrogens with zero attached hydrogens (tertiary/aromatic N) is 2. The van der Waals surface area contributed by atoms with E-state index in [1.165, 1.54) is 44.4 Å². The van der Waals surface area contributed by atoms with Crippen LogP contribution >= 0.6 is 11.8 Å². The Bertz CT molecular complexity index is 1200. The van der Waals surface area contributed by atoms with Gasteiger partial charge in [-0.15, -0.1) is 11.8 Å². The number of thioether (sulfide) groups is 1. The summed E-state index contributed by atoms with van der Waals surface area (Å²) < 4.78 is 20.7. The summed E-state index contributed by atoms with van der Waals surface area (Å²) in [5.74, 6) is -0.496. The zero-order chi connectivity index (χ0) is 24.7. The molecule has 0 saturated heterocycles. The van der Waals surface area contributed by atoms with Crippen LogP contribution in [0.5, 0.6) is 11.5 Å². The molecule has 2 heterocycles. The van der Waals surface area contributed by atoms with E-state index in [1.807, 2.05) is 0 Å². The van der Waals surface area contributed by atoms with E-state index in [0.29, 0.717) is 33.8 Å². The molecule has 0 fully saturated rings. The van der Waals surface area contributed by atoms with Crippen LogP contribution in [0, 0.1) is 6.92 Å². The van der Waals surface area contributed by atoms with Gasteiger partial charge in [-0.2, -0.15) is 0 Å². The molecule has 11 nitrogen and oxygen atoms in total. The monoisotopic (exact) mass is 486 g/mol. The Morgan fingerprint density at radius 3 is 2.47 bits per heavy atom. The average molecular weight is 487 g/mol. The predicted octanol–water partition coefficient (Wildman–Crippen LogP) is 2.40. The number of esters is 1. The second-order valence-corrected chi connectivity index (χ2v) is 7.44. The number of hydrogen-bond acceptors (Lipinski definition) is 10. The summed E-state index contributed by atoms with van der Waals surface area (Å²) in [5.41, 5.74) is 5.17. The summed E-state index contributed by atoms with van der Waals surface area (Å²) >= 11 is 1.23. The van der Waals surface area contributed by atoms with Crippen LogP contribution in [0.4, 0.5) is 0 Å². The Morgan fingerprint density at radius 2 is 1.82 bits per heavy atom. The molecule has 2 amide bonds. The summed E-state index contributed by atoms with van der Waals surface area (Å²) in [6.07, 6.45) is 3.25. The first-order chi connectivity index (χ1) is 16.4. The number of aryl methyl sites for hydroxylation is 1. The predicted molar refractivity (Wildman–Crippen MR) is 122 cm³/mol. The van der Waals surface area contributed by atoms with Gasteiger partial charge in [0.1, 0.15) is 10.6 Å². The quantitative estimate of drug-likeness (QED) is 0.211. The molecule has 12 heteroatoms. The van der Waals surface area contributed by atoms with E-state index in [-0.39, 0.29) is 11.1 Å². The second-order valence-electron chi connectivity index (χ2n) is 6.64. The fourth-order valence-corrected chi connectivity index (χ4v) is 3.47. The van der Waals surface area contributed by atoms with Crippen LogP contribution in [0.2, 0.25) is 0 Å². The molecule has 0 radical (unpaired) electrons. The van der Waals surface area contributed by atoms with Crippen molar-refractivity contribution >= 4 is 29.5 Å². The maximum Gasteiger partial charge on any atom is 0.343 e. The van der Waals surface area contributed by atoms with Gasteiger partial charge in [0.15, 0.2) is 29.7 Å². The van der Waals surface area contributed by atoms with E-state index >= 15 is 0 Å². The molecule has 0 aliphatic heterocycles. The largest absolute Gasteiger partial charge is 0.493 e. The molecule has 3 rings (SSSR count). The molecule has 34 heavy (non-hydrogen) atoms. The fourth-order valence-electron chi connectivity index (χ4n) is 2.86. The molecule has 2 aromatic heterocycles. The van der Waals surface area contributed by atoms with Gasteiger partial charge in [-0.05, 0) is 43.5 Å². The number of amides is 2. The lowest BCUT2D eigenvalue weighted by Crippen LogP contribution is -2.43.